The number of fused-ring (bicyclic) bond motifs is 1. The summed E-state index contributed by atoms with van der Waals surface area (Å²) in [6.07, 6.45) is 3.74. The highest BCUT2D eigenvalue weighted by Gasteiger charge is 2.15. The molecule has 1 radical (unpaired) electrons. The highest BCUT2D eigenvalue weighted by Crippen LogP contribution is 2.07. The molecule has 1 aromatic rings. The monoisotopic (exact) mass is 124 g/mol. The third-order valence-corrected chi connectivity index (χ3v) is 1.82. The van der Waals surface area contributed by atoms with Gasteiger partial charge in [-0.15, -0.1) is 3.96 Å². The maximum absolute atomic E-state index is 4.05. The van der Waals surface area contributed by atoms with Crippen LogP contribution in [0.2, 0.25) is 0 Å². The van der Waals surface area contributed by atoms with Crippen LogP contribution in [0.3, 0.4) is 0 Å². The van der Waals surface area contributed by atoms with Crippen LogP contribution in [0.5, 0.6) is 0 Å². The number of aromatic nitrogens is 1. The van der Waals surface area contributed by atoms with E-state index >= 15 is 0 Å². The Labute approximate surface area is 51.2 Å². The summed E-state index contributed by atoms with van der Waals surface area (Å²) in [5.41, 5.74) is 0. The van der Waals surface area contributed by atoms with Gasteiger partial charge in [-0.1, -0.05) is 0 Å². The van der Waals surface area contributed by atoms with Gasteiger partial charge in [0.15, 0.2) is 12.4 Å². The van der Waals surface area contributed by atoms with Gasteiger partial charge in [0, 0.05) is 23.0 Å². The zero-order chi connectivity index (χ0) is 5.40. The van der Waals surface area contributed by atoms with Crippen molar-refractivity contribution >= 4 is 23.6 Å². The van der Waals surface area contributed by atoms with Crippen LogP contribution in [0.15, 0.2) is 17.6 Å². The zero-order valence-corrected chi connectivity index (χ0v) is 4.93. The van der Waals surface area contributed by atoms with Crippen molar-refractivity contribution in [2.45, 2.75) is 0 Å². The number of nitrogens with zero attached hydrogens (tertiary/aromatic N) is 2. The third-order valence-electron chi connectivity index (χ3n) is 1.03. The second-order valence-electron chi connectivity index (χ2n) is 1.52. The van der Waals surface area contributed by atoms with E-state index < -0.39 is 0 Å². The summed E-state index contributed by atoms with van der Waals surface area (Å²) >= 11 is 1.65. The Morgan fingerprint density at radius 3 is 3.50 bits per heavy atom. The standard InChI is InChI=1S/C5H4N2S/c1-4-8-7-3-2-6-5(1)7/h1-4H/q+1. The minimum Gasteiger partial charge on any atom is -0.140 e. The van der Waals surface area contributed by atoms with Gasteiger partial charge in [0.25, 0.3) is 0 Å². The first-order valence-corrected chi connectivity index (χ1v) is 3.17. The molecule has 0 N–H and O–H groups in total. The van der Waals surface area contributed by atoms with Crippen molar-refractivity contribution in [3.63, 3.8) is 0 Å². The highest BCUT2D eigenvalue weighted by atomic mass is 32.1. The maximum Gasteiger partial charge on any atom is 0.339 e. The molecule has 1 aromatic heterocycles. The molecule has 3 heteroatoms. The van der Waals surface area contributed by atoms with Crippen LogP contribution in [0.4, 0.5) is 5.82 Å². The summed E-state index contributed by atoms with van der Waals surface area (Å²) in [6, 6.07) is 1.99. The van der Waals surface area contributed by atoms with Crippen LogP contribution in [0, 0.1) is 0 Å². The predicted octanol–water partition coefficient (Wildman–Crippen LogP) is 0.713. The predicted molar refractivity (Wildman–Crippen MR) is 31.6 cm³/mol. The van der Waals surface area contributed by atoms with Crippen LogP contribution < -0.4 is 9.27 Å². The maximum atomic E-state index is 4.05. The fourth-order valence-corrected chi connectivity index (χ4v) is 1.32. The van der Waals surface area contributed by atoms with Crippen molar-refractivity contribution in [2.75, 3.05) is 0 Å². The van der Waals surface area contributed by atoms with Gasteiger partial charge in [-0.2, -0.15) is 0 Å². The first kappa shape index (κ1) is 4.09. The van der Waals surface area contributed by atoms with Crippen LogP contribution in [-0.4, -0.2) is 0 Å². The first-order chi connectivity index (χ1) is 3.97. The van der Waals surface area contributed by atoms with Crippen LogP contribution in [0.1, 0.15) is 0 Å². The molecule has 0 fully saturated rings. The molecule has 0 aromatic carbocycles. The molecule has 0 saturated heterocycles. The summed E-state index contributed by atoms with van der Waals surface area (Å²) in [4.78, 5) is 0. The Hall–Kier alpha value is -0.830. The molecular formula is C5H4N2S+. The van der Waals surface area contributed by atoms with Gasteiger partial charge in [0.2, 0.25) is 0 Å². The Morgan fingerprint density at radius 2 is 2.62 bits per heavy atom. The van der Waals surface area contributed by atoms with Gasteiger partial charge in [0.05, 0.1) is 0 Å². The Morgan fingerprint density at radius 1 is 1.62 bits per heavy atom. The van der Waals surface area contributed by atoms with Crippen molar-refractivity contribution in [2.24, 2.45) is 0 Å². The van der Waals surface area contributed by atoms with Gasteiger partial charge >= 0.3 is 5.82 Å². The van der Waals surface area contributed by atoms with Crippen molar-refractivity contribution in [3.8, 4) is 0 Å². The SMILES string of the molecule is C1=C[n+]2sccc2[N]1. The van der Waals surface area contributed by atoms with E-state index in [2.05, 4.69) is 5.32 Å². The quantitative estimate of drug-likeness (QED) is 0.453. The smallest absolute Gasteiger partial charge is 0.140 e. The summed E-state index contributed by atoms with van der Waals surface area (Å²) < 4.78 is 2.01. The van der Waals surface area contributed by atoms with Gasteiger partial charge in [-0.05, 0) is 5.32 Å². The van der Waals surface area contributed by atoms with Crippen molar-refractivity contribution in [3.05, 3.63) is 17.6 Å². The number of hydrogen-bond acceptors (Lipinski definition) is 1. The average Bonchev–Trinajstić information content (AvgIpc) is 2.15. The normalized spacial score (nSPS) is 13.5. The lowest BCUT2D eigenvalue weighted by Crippen LogP contribution is -2.16. The molecule has 0 amide bonds. The highest BCUT2D eigenvalue weighted by molar-refractivity contribution is 6.99. The molecule has 0 bridgehead atoms. The van der Waals surface area contributed by atoms with E-state index in [4.69, 9.17) is 0 Å². The molecule has 0 unspecified atom stereocenters. The summed E-state index contributed by atoms with van der Waals surface area (Å²) in [5.74, 6) is 1.04. The van der Waals surface area contributed by atoms with E-state index in [0.29, 0.717) is 0 Å². The molecule has 2 heterocycles. The summed E-state index contributed by atoms with van der Waals surface area (Å²) in [5, 5.41) is 6.07. The molecule has 2 rings (SSSR count). The Bertz CT molecular complexity index is 226. The van der Waals surface area contributed by atoms with E-state index in [0.717, 1.165) is 5.82 Å². The Balaban J connectivity index is 2.67. The summed E-state index contributed by atoms with van der Waals surface area (Å²) in [7, 11) is 0. The minimum atomic E-state index is 1.04. The van der Waals surface area contributed by atoms with Crippen LogP contribution in [-0.2, 0) is 0 Å². The van der Waals surface area contributed by atoms with E-state index in [1.807, 2.05) is 21.6 Å². The van der Waals surface area contributed by atoms with Gasteiger partial charge in [-0.3, -0.25) is 0 Å². The number of hydrogen-bond donors (Lipinski definition) is 0. The lowest BCUT2D eigenvalue weighted by Gasteiger charge is -1.70. The van der Waals surface area contributed by atoms with E-state index in [9.17, 15) is 0 Å². The van der Waals surface area contributed by atoms with E-state index in [-0.39, 0.29) is 0 Å². The molecule has 0 saturated carbocycles. The molecule has 2 nitrogen and oxygen atoms in total. The third kappa shape index (κ3) is 0.391. The second kappa shape index (κ2) is 1.32. The zero-order valence-electron chi connectivity index (χ0n) is 4.11. The fourth-order valence-electron chi connectivity index (χ4n) is 0.666. The lowest BCUT2D eigenvalue weighted by atomic mass is 10.7. The molecule has 0 spiro atoms. The first-order valence-electron chi connectivity index (χ1n) is 2.34. The summed E-state index contributed by atoms with van der Waals surface area (Å²) in [6.45, 7) is 0. The molecule has 0 aliphatic carbocycles. The van der Waals surface area contributed by atoms with Gasteiger partial charge in [0.1, 0.15) is 0 Å². The van der Waals surface area contributed by atoms with Gasteiger partial charge in [-0.25, -0.2) is 0 Å². The van der Waals surface area contributed by atoms with Crippen molar-refractivity contribution in [1.29, 1.82) is 0 Å². The van der Waals surface area contributed by atoms with Crippen molar-refractivity contribution < 1.29 is 3.96 Å². The second-order valence-corrected chi connectivity index (χ2v) is 2.40. The minimum absolute atomic E-state index is 1.04. The molecular weight excluding hydrogens is 120 g/mol. The molecule has 39 valence electrons. The van der Waals surface area contributed by atoms with E-state index in [1.165, 1.54) is 0 Å². The van der Waals surface area contributed by atoms with Gasteiger partial charge < -0.3 is 0 Å². The average molecular weight is 124 g/mol. The molecule has 1 aliphatic rings. The Kier molecular flexibility index (Phi) is 0.676. The number of rotatable bonds is 0. The largest absolute Gasteiger partial charge is 0.339 e. The van der Waals surface area contributed by atoms with Crippen molar-refractivity contribution in [1.82, 2.24) is 5.32 Å². The van der Waals surface area contributed by atoms with Crippen LogP contribution in [0.25, 0.3) is 6.20 Å². The fraction of sp³-hybridized carbons (Fsp3) is 0. The molecule has 1 aliphatic heterocycles. The van der Waals surface area contributed by atoms with E-state index in [1.54, 1.807) is 17.7 Å². The molecule has 0 atom stereocenters. The molecule has 8 heavy (non-hydrogen) atoms. The lowest BCUT2D eigenvalue weighted by molar-refractivity contribution is -0.472. The van der Waals surface area contributed by atoms with Crippen LogP contribution >= 0.6 is 11.5 Å². The topological polar surface area (TPSA) is 18.0 Å².